The molecule has 0 saturated carbocycles. The normalized spacial score (nSPS) is 21.9. The average Bonchev–Trinajstić information content (AvgIpc) is 2.58. The van der Waals surface area contributed by atoms with Gasteiger partial charge in [-0.2, -0.15) is 41.3 Å². The van der Waals surface area contributed by atoms with E-state index in [4.69, 9.17) is 15.7 Å². The van der Waals surface area contributed by atoms with Gasteiger partial charge in [-0.15, -0.1) is 0 Å². The second-order valence-electron chi connectivity index (χ2n) is 6.96. The number of nitrogens with zero attached hydrogens (tertiary/aromatic N) is 3. The molecule has 1 aromatic rings. The van der Waals surface area contributed by atoms with Crippen LogP contribution in [0.4, 0.5) is 42.6 Å². The summed E-state index contributed by atoms with van der Waals surface area (Å²) in [5.41, 5.74) is -0.359. The highest BCUT2D eigenvalue weighted by atomic mass is 19.4. The van der Waals surface area contributed by atoms with Gasteiger partial charge in [0.1, 0.15) is 17.9 Å². The molecule has 1 aliphatic carbocycles. The molecule has 30 heavy (non-hydrogen) atoms. The fourth-order valence-electron chi connectivity index (χ4n) is 2.41. The van der Waals surface area contributed by atoms with Gasteiger partial charge < -0.3 is 15.7 Å². The summed E-state index contributed by atoms with van der Waals surface area (Å²) in [5.74, 6) is -3.28. The van der Waals surface area contributed by atoms with Crippen LogP contribution in [0.15, 0.2) is 5.83 Å². The number of anilines is 2. The molecule has 0 bridgehead atoms. The number of nitrogens with one attached hydrogen (secondary N) is 2. The number of halogens is 7. The minimum Gasteiger partial charge on any atom is -0.387 e. The van der Waals surface area contributed by atoms with E-state index >= 15 is 0 Å². The molecule has 3 atom stereocenters. The molecule has 0 spiro atoms. The zero-order valence-electron chi connectivity index (χ0n) is 15.7. The Hall–Kier alpha value is -2.05. The summed E-state index contributed by atoms with van der Waals surface area (Å²) in [4.78, 5) is 10.8. The van der Waals surface area contributed by atoms with Gasteiger partial charge in [-0.05, 0) is 20.3 Å². The molecule has 2 rings (SSSR count). The van der Waals surface area contributed by atoms with Crippen molar-refractivity contribution in [1.82, 2.24) is 15.0 Å². The van der Waals surface area contributed by atoms with Crippen molar-refractivity contribution in [3.05, 3.63) is 11.7 Å². The number of hydrogen-bond donors (Lipinski definition) is 3. The van der Waals surface area contributed by atoms with Crippen LogP contribution in [0.5, 0.6) is 0 Å². The second-order valence-corrected chi connectivity index (χ2v) is 6.96. The number of aliphatic hydroxyl groups is 1. The zero-order chi connectivity index (χ0) is 23.1. The third kappa shape index (κ3) is 5.55. The maximum Gasteiger partial charge on any atom is 0.408 e. The monoisotopic (exact) mass is 437 g/mol. The molecule has 3 N–H and O–H groups in total. The first-order chi connectivity index (χ1) is 13.5. The Labute approximate surface area is 169 Å². The second kappa shape index (κ2) is 8.23. The summed E-state index contributed by atoms with van der Waals surface area (Å²) < 4.78 is 91.5. The smallest absolute Gasteiger partial charge is 0.387 e. The van der Waals surface area contributed by atoms with Gasteiger partial charge in [0.15, 0.2) is 5.82 Å². The number of aliphatic hydroxyl groups excluding tert-OH is 1. The van der Waals surface area contributed by atoms with Crippen LogP contribution in [0.3, 0.4) is 0 Å². The Kier molecular flexibility index (Phi) is 6.65. The molecule has 0 amide bonds. The molecular weight excluding hydrogens is 421 g/mol. The van der Waals surface area contributed by atoms with E-state index in [1.807, 2.05) is 10.6 Å². The zero-order valence-corrected chi connectivity index (χ0v) is 15.7. The predicted molar refractivity (Wildman–Crippen MR) is 95.6 cm³/mol. The minimum atomic E-state index is -4.72. The molecule has 0 fully saturated rings. The van der Waals surface area contributed by atoms with Gasteiger partial charge >= 0.3 is 12.4 Å². The van der Waals surface area contributed by atoms with Crippen LogP contribution in [-0.4, -0.2) is 66.3 Å². The van der Waals surface area contributed by atoms with E-state index in [-0.39, 0.29) is 18.4 Å². The van der Waals surface area contributed by atoms with Crippen LogP contribution in [0.1, 0.15) is 32.5 Å². The van der Waals surface area contributed by atoms with E-state index in [0.717, 1.165) is 13.8 Å². The van der Waals surface area contributed by atoms with Gasteiger partial charge in [-0.3, -0.25) is 0 Å². The fourth-order valence-corrected chi connectivity index (χ4v) is 2.41. The summed E-state index contributed by atoms with van der Waals surface area (Å²) in [6.07, 6.45) is -11.8. The lowest BCUT2D eigenvalue weighted by atomic mass is 9.47. The molecule has 1 heterocycles. The number of allylic oxidation sites excluding steroid dienone is 1. The summed E-state index contributed by atoms with van der Waals surface area (Å²) in [6, 6.07) is -4.34. The summed E-state index contributed by atoms with van der Waals surface area (Å²) in [6.45, 7) is 1.46. The highest BCUT2D eigenvalue weighted by molar-refractivity contribution is 6.40. The summed E-state index contributed by atoms with van der Waals surface area (Å²) in [5, 5.41) is 11.9. The lowest BCUT2D eigenvalue weighted by molar-refractivity contribution is -0.139. The molecule has 1 aliphatic rings. The van der Waals surface area contributed by atoms with Crippen LogP contribution in [0, 0.1) is 0 Å². The Morgan fingerprint density at radius 1 is 0.967 bits per heavy atom. The molecule has 0 aliphatic heterocycles. The van der Waals surface area contributed by atoms with Crippen LogP contribution >= 0.6 is 0 Å². The number of hydrogen-bond acceptors (Lipinski definition) is 6. The SMILES string of the molecule is [B]C1([B])CCC(c2nc(N[C@@H](C)C(F)(F)F)nc(N[C@H](C)C(F)(F)F)n2)=C(F)C1O. The summed E-state index contributed by atoms with van der Waals surface area (Å²) >= 11 is 0. The molecule has 15 heteroatoms. The van der Waals surface area contributed by atoms with E-state index in [1.165, 1.54) is 0 Å². The maximum atomic E-state index is 14.6. The maximum absolute atomic E-state index is 14.6. The van der Waals surface area contributed by atoms with Crippen molar-refractivity contribution in [2.24, 2.45) is 0 Å². The van der Waals surface area contributed by atoms with E-state index in [9.17, 15) is 35.8 Å². The van der Waals surface area contributed by atoms with Crippen molar-refractivity contribution >= 4 is 33.2 Å². The highest BCUT2D eigenvalue weighted by Gasteiger charge is 2.40. The van der Waals surface area contributed by atoms with Crippen LogP contribution < -0.4 is 10.6 Å². The van der Waals surface area contributed by atoms with E-state index < -0.39 is 59.3 Å². The Balaban J connectivity index is 2.50. The van der Waals surface area contributed by atoms with Crippen molar-refractivity contribution in [3.63, 3.8) is 0 Å². The molecule has 1 unspecified atom stereocenters. The largest absolute Gasteiger partial charge is 0.408 e. The molecule has 1 aromatic heterocycles. The van der Waals surface area contributed by atoms with Gasteiger partial charge in [0.2, 0.25) is 11.9 Å². The number of aromatic nitrogens is 3. The van der Waals surface area contributed by atoms with E-state index in [0.29, 0.717) is 0 Å². The summed E-state index contributed by atoms with van der Waals surface area (Å²) in [7, 11) is 11.1. The number of alkyl halides is 6. The highest BCUT2D eigenvalue weighted by Crippen LogP contribution is 2.43. The van der Waals surface area contributed by atoms with Gasteiger partial charge in [0.25, 0.3) is 0 Å². The lowest BCUT2D eigenvalue weighted by Gasteiger charge is -2.35. The molecule has 6 nitrogen and oxygen atoms in total. The Morgan fingerprint density at radius 2 is 1.40 bits per heavy atom. The van der Waals surface area contributed by atoms with Crippen molar-refractivity contribution < 1.29 is 35.8 Å². The fraction of sp³-hybridized carbons (Fsp3) is 0.667. The quantitative estimate of drug-likeness (QED) is 0.486. The molecule has 0 aromatic carbocycles. The third-order valence-corrected chi connectivity index (χ3v) is 4.42. The third-order valence-electron chi connectivity index (χ3n) is 4.42. The van der Waals surface area contributed by atoms with Crippen molar-refractivity contribution in [2.45, 2.75) is 62.4 Å². The minimum absolute atomic E-state index is 0.147. The average molecular weight is 437 g/mol. The first kappa shape index (κ1) is 24.2. The first-order valence-corrected chi connectivity index (χ1v) is 8.59. The predicted octanol–water partition coefficient (Wildman–Crippen LogP) is 2.89. The van der Waals surface area contributed by atoms with Gasteiger partial charge in [0, 0.05) is 5.57 Å². The molecule has 0 saturated heterocycles. The molecule has 4 radical (unpaired) electrons. The Morgan fingerprint density at radius 3 is 1.80 bits per heavy atom. The van der Waals surface area contributed by atoms with E-state index in [1.54, 1.807) is 0 Å². The van der Waals surface area contributed by atoms with Gasteiger partial charge in [-0.1, -0.05) is 11.6 Å². The van der Waals surface area contributed by atoms with E-state index in [2.05, 4.69) is 15.0 Å². The van der Waals surface area contributed by atoms with Crippen LogP contribution in [0.2, 0.25) is 5.21 Å². The van der Waals surface area contributed by atoms with Crippen molar-refractivity contribution in [3.8, 4) is 0 Å². The van der Waals surface area contributed by atoms with Crippen LogP contribution in [-0.2, 0) is 0 Å². The molecular formula is C15H16B2F7N5O. The standard InChI is InChI=1S/C15H16B2F7N5O/c1-5(14(19,20)21)25-11-27-10(7-3-4-13(16,17)9(30)8(7)18)28-12(29-11)26-6(2)15(22,23)24/h5-6,9,30H,3-4H2,1-2H3,(H2,25,26,27,28,29)/t5-,6+,9?. The molecule has 162 valence electrons. The first-order valence-electron chi connectivity index (χ1n) is 8.59. The Bertz CT molecular complexity index is 775. The van der Waals surface area contributed by atoms with Crippen molar-refractivity contribution in [2.75, 3.05) is 10.6 Å². The topological polar surface area (TPSA) is 83.0 Å². The lowest BCUT2D eigenvalue weighted by Crippen LogP contribution is -2.36. The van der Waals surface area contributed by atoms with Crippen LogP contribution in [0.25, 0.3) is 5.57 Å². The number of rotatable bonds is 5. The van der Waals surface area contributed by atoms with Gasteiger partial charge in [-0.25, -0.2) is 4.39 Å². The van der Waals surface area contributed by atoms with Crippen molar-refractivity contribution in [1.29, 1.82) is 0 Å². The van der Waals surface area contributed by atoms with Gasteiger partial charge in [0.05, 0.1) is 21.8 Å².